The van der Waals surface area contributed by atoms with Crippen LogP contribution in [0.3, 0.4) is 0 Å². The van der Waals surface area contributed by atoms with E-state index in [0.29, 0.717) is 23.5 Å². The summed E-state index contributed by atoms with van der Waals surface area (Å²) in [5.74, 6) is -1.55. The molecule has 21 heavy (non-hydrogen) atoms. The zero-order valence-electron chi connectivity index (χ0n) is 12.0. The molecule has 0 aliphatic heterocycles. The van der Waals surface area contributed by atoms with Gasteiger partial charge in [0.2, 0.25) is 0 Å². The van der Waals surface area contributed by atoms with Gasteiger partial charge < -0.3 is 4.74 Å². The molecule has 0 aliphatic rings. The molecule has 0 spiro atoms. The lowest BCUT2D eigenvalue weighted by atomic mass is 10.0. The Hall–Kier alpha value is -2.23. The molecule has 0 bridgehead atoms. The lowest BCUT2D eigenvalue weighted by Crippen LogP contribution is -2.08. The zero-order chi connectivity index (χ0) is 15.4. The van der Waals surface area contributed by atoms with Crippen molar-refractivity contribution in [1.29, 1.82) is 0 Å². The summed E-state index contributed by atoms with van der Waals surface area (Å²) in [6.07, 6.45) is 0.000722. The molecule has 2 nitrogen and oxygen atoms in total. The van der Waals surface area contributed by atoms with E-state index >= 15 is 0 Å². The Labute approximate surface area is 122 Å². The van der Waals surface area contributed by atoms with Gasteiger partial charge >= 0.3 is 0 Å². The summed E-state index contributed by atoms with van der Waals surface area (Å²) in [5.41, 5.74) is 1.83. The molecule has 0 aromatic heterocycles. The van der Waals surface area contributed by atoms with Gasteiger partial charge in [-0.1, -0.05) is 17.7 Å². The second-order valence-corrected chi connectivity index (χ2v) is 4.78. The van der Waals surface area contributed by atoms with Crippen molar-refractivity contribution < 1.29 is 18.3 Å². The molecular weight excluding hydrogens is 274 g/mol. The van der Waals surface area contributed by atoms with Crippen molar-refractivity contribution in [2.24, 2.45) is 0 Å². The van der Waals surface area contributed by atoms with Crippen LogP contribution in [0, 0.1) is 18.6 Å². The lowest BCUT2D eigenvalue weighted by molar-refractivity contribution is 0.0989. The molecule has 0 amide bonds. The third-order valence-corrected chi connectivity index (χ3v) is 3.08. The molecule has 0 saturated carbocycles. The number of benzene rings is 2. The molecule has 0 N–H and O–H groups in total. The number of rotatable bonds is 5. The van der Waals surface area contributed by atoms with Crippen molar-refractivity contribution in [3.05, 3.63) is 64.7 Å². The summed E-state index contributed by atoms with van der Waals surface area (Å²) < 4.78 is 31.5. The van der Waals surface area contributed by atoms with Crippen LogP contribution < -0.4 is 4.74 Å². The van der Waals surface area contributed by atoms with Gasteiger partial charge in [0.1, 0.15) is 5.75 Å². The van der Waals surface area contributed by atoms with E-state index in [4.69, 9.17) is 4.74 Å². The minimum absolute atomic E-state index is 0.000722. The fraction of sp³-hybridized carbons (Fsp3) is 0.235. The summed E-state index contributed by atoms with van der Waals surface area (Å²) in [5, 5.41) is 0. The first-order valence-corrected chi connectivity index (χ1v) is 6.72. The van der Waals surface area contributed by atoms with Crippen LogP contribution in [0.15, 0.2) is 36.4 Å². The first kappa shape index (κ1) is 15.2. The topological polar surface area (TPSA) is 26.3 Å². The normalized spacial score (nSPS) is 10.5. The molecule has 0 fully saturated rings. The Bertz CT molecular complexity index is 666. The van der Waals surface area contributed by atoms with Gasteiger partial charge in [-0.25, -0.2) is 8.78 Å². The van der Waals surface area contributed by atoms with Gasteiger partial charge in [0.15, 0.2) is 17.4 Å². The first-order chi connectivity index (χ1) is 10.0. The molecule has 4 heteroatoms. The smallest absolute Gasteiger partial charge is 0.170 e. The maximum atomic E-state index is 13.2. The summed E-state index contributed by atoms with van der Waals surface area (Å²) in [4.78, 5) is 12.4. The number of aryl methyl sites for hydroxylation is 1. The highest BCUT2D eigenvalue weighted by atomic mass is 19.2. The van der Waals surface area contributed by atoms with Crippen molar-refractivity contribution in [3.8, 4) is 5.75 Å². The SMILES string of the molecule is CCOc1ccc(C)cc1C(=O)Cc1ccc(F)c(F)c1. The van der Waals surface area contributed by atoms with Gasteiger partial charge in [-0.3, -0.25) is 4.79 Å². The van der Waals surface area contributed by atoms with Crippen LogP contribution in [0.25, 0.3) is 0 Å². The van der Waals surface area contributed by atoms with Crippen LogP contribution in [0.4, 0.5) is 8.78 Å². The van der Waals surface area contributed by atoms with Crippen molar-refractivity contribution in [2.75, 3.05) is 6.61 Å². The molecule has 0 atom stereocenters. The van der Waals surface area contributed by atoms with Crippen LogP contribution in [0.5, 0.6) is 5.75 Å². The number of ether oxygens (including phenoxy) is 1. The van der Waals surface area contributed by atoms with Crippen molar-refractivity contribution in [1.82, 2.24) is 0 Å². The third-order valence-electron chi connectivity index (χ3n) is 3.08. The Morgan fingerprint density at radius 3 is 2.52 bits per heavy atom. The van der Waals surface area contributed by atoms with Crippen molar-refractivity contribution >= 4 is 5.78 Å². The molecule has 0 heterocycles. The first-order valence-electron chi connectivity index (χ1n) is 6.72. The molecule has 0 unspecified atom stereocenters. The van der Waals surface area contributed by atoms with Crippen LogP contribution >= 0.6 is 0 Å². The minimum atomic E-state index is -0.949. The highest BCUT2D eigenvalue weighted by molar-refractivity contribution is 6.00. The highest BCUT2D eigenvalue weighted by Gasteiger charge is 2.14. The maximum Gasteiger partial charge on any atom is 0.170 e. The Morgan fingerprint density at radius 2 is 1.86 bits per heavy atom. The molecule has 2 rings (SSSR count). The second kappa shape index (κ2) is 6.48. The highest BCUT2D eigenvalue weighted by Crippen LogP contribution is 2.22. The van der Waals surface area contributed by atoms with E-state index in [2.05, 4.69) is 0 Å². The minimum Gasteiger partial charge on any atom is -0.493 e. The van der Waals surface area contributed by atoms with Gasteiger partial charge in [0, 0.05) is 6.42 Å². The quantitative estimate of drug-likeness (QED) is 0.775. The van der Waals surface area contributed by atoms with E-state index in [-0.39, 0.29) is 12.2 Å². The predicted octanol–water partition coefficient (Wildman–Crippen LogP) is 4.10. The zero-order valence-corrected chi connectivity index (χ0v) is 12.0. The van der Waals surface area contributed by atoms with Crippen LogP contribution in [0.2, 0.25) is 0 Å². The molecule has 0 aliphatic carbocycles. The second-order valence-electron chi connectivity index (χ2n) is 4.78. The van der Waals surface area contributed by atoms with E-state index < -0.39 is 11.6 Å². The third kappa shape index (κ3) is 3.66. The summed E-state index contributed by atoms with van der Waals surface area (Å²) in [6, 6.07) is 8.83. The van der Waals surface area contributed by atoms with Gasteiger partial charge in [-0.05, 0) is 43.7 Å². The van der Waals surface area contributed by atoms with Crippen molar-refractivity contribution in [2.45, 2.75) is 20.3 Å². The molecule has 2 aromatic carbocycles. The monoisotopic (exact) mass is 290 g/mol. The lowest BCUT2D eigenvalue weighted by Gasteiger charge is -2.10. The maximum absolute atomic E-state index is 13.2. The van der Waals surface area contributed by atoms with E-state index in [1.54, 1.807) is 12.1 Å². The number of hydrogen-bond acceptors (Lipinski definition) is 2. The van der Waals surface area contributed by atoms with Crippen LogP contribution in [0.1, 0.15) is 28.4 Å². The molecule has 110 valence electrons. The summed E-state index contributed by atoms with van der Waals surface area (Å²) >= 11 is 0. The molecule has 0 radical (unpaired) electrons. The molecule has 2 aromatic rings. The van der Waals surface area contributed by atoms with E-state index in [0.717, 1.165) is 17.7 Å². The standard InChI is InChI=1S/C17H16F2O2/c1-3-21-17-7-4-11(2)8-13(17)16(20)10-12-5-6-14(18)15(19)9-12/h4-9H,3,10H2,1-2H3. The van der Waals surface area contributed by atoms with Crippen LogP contribution in [-0.4, -0.2) is 12.4 Å². The van der Waals surface area contributed by atoms with Gasteiger partial charge in [-0.15, -0.1) is 0 Å². The molecule has 0 saturated heterocycles. The number of carbonyl (C=O) groups is 1. The Balaban J connectivity index is 2.27. The largest absolute Gasteiger partial charge is 0.493 e. The van der Waals surface area contributed by atoms with Crippen LogP contribution in [-0.2, 0) is 6.42 Å². The van der Waals surface area contributed by atoms with E-state index in [9.17, 15) is 13.6 Å². The van der Waals surface area contributed by atoms with Gasteiger partial charge in [0.05, 0.1) is 12.2 Å². The average molecular weight is 290 g/mol. The summed E-state index contributed by atoms with van der Waals surface area (Å²) in [7, 11) is 0. The average Bonchev–Trinajstić information content (AvgIpc) is 2.45. The number of carbonyl (C=O) groups excluding carboxylic acids is 1. The number of halogens is 2. The molecular formula is C17H16F2O2. The van der Waals surface area contributed by atoms with E-state index in [1.807, 2.05) is 19.9 Å². The Morgan fingerprint density at radius 1 is 1.10 bits per heavy atom. The summed E-state index contributed by atoms with van der Waals surface area (Å²) in [6.45, 7) is 4.17. The van der Waals surface area contributed by atoms with Gasteiger partial charge in [0.25, 0.3) is 0 Å². The fourth-order valence-electron chi connectivity index (χ4n) is 2.07. The number of ketones is 1. The van der Waals surface area contributed by atoms with Crippen molar-refractivity contribution in [3.63, 3.8) is 0 Å². The van der Waals surface area contributed by atoms with Gasteiger partial charge in [-0.2, -0.15) is 0 Å². The predicted molar refractivity (Wildman–Crippen MR) is 76.7 cm³/mol. The number of hydrogen-bond donors (Lipinski definition) is 0. The number of Topliss-reactive ketones (excluding diaryl/α,β-unsaturated/α-hetero) is 1. The Kier molecular flexibility index (Phi) is 4.68. The fourth-order valence-corrected chi connectivity index (χ4v) is 2.07. The van der Waals surface area contributed by atoms with E-state index in [1.165, 1.54) is 6.07 Å².